The van der Waals surface area contributed by atoms with Crippen LogP contribution in [-0.4, -0.2) is 74.9 Å². The summed E-state index contributed by atoms with van der Waals surface area (Å²) in [4.78, 5) is 35.9. The number of carbonyl (C=O) groups is 2. The van der Waals surface area contributed by atoms with E-state index in [2.05, 4.69) is 172 Å². The lowest BCUT2D eigenvalue weighted by Gasteiger charge is -2.24. The Labute approximate surface area is 592 Å². The summed E-state index contributed by atoms with van der Waals surface area (Å²) < 4.78 is 34.7. The van der Waals surface area contributed by atoms with E-state index in [-0.39, 0.29) is 32.0 Å². The molecule has 548 valence electrons. The Morgan fingerprint density at radius 1 is 0.333 bits per heavy atom. The average molecular weight is 1350 g/mol. The maximum Gasteiger partial charge on any atom is 0.472 e. The van der Waals surface area contributed by atoms with Crippen molar-refractivity contribution in [1.29, 1.82) is 0 Å². The van der Waals surface area contributed by atoms with Gasteiger partial charge in [0.2, 0.25) is 0 Å². The average Bonchev–Trinajstić information content (AvgIpc) is 1.48. The van der Waals surface area contributed by atoms with E-state index in [1.165, 1.54) is 180 Å². The fraction of sp³-hybridized carbons (Fsp3) is 0.674. The number of phosphoric ester groups is 1. The highest BCUT2D eigenvalue weighted by molar-refractivity contribution is 7.47. The lowest BCUT2D eigenvalue weighted by molar-refractivity contribution is -0.870. The molecule has 2 atom stereocenters. The van der Waals surface area contributed by atoms with Crippen LogP contribution in [0.15, 0.2) is 158 Å². The quantitative estimate of drug-likeness (QED) is 0.0211. The number of nitrogens with zero attached hydrogens (tertiary/aromatic N) is 1. The Kier molecular flexibility index (Phi) is 71.4. The smallest absolute Gasteiger partial charge is 0.462 e. The second-order valence-electron chi connectivity index (χ2n) is 27.0. The number of ether oxygens (including phenoxy) is 2. The van der Waals surface area contributed by atoms with Crippen LogP contribution >= 0.6 is 7.82 Å². The number of rotatable bonds is 71. The molecule has 0 radical (unpaired) electrons. The first-order valence-electron chi connectivity index (χ1n) is 39.2. The fourth-order valence-corrected chi connectivity index (χ4v) is 11.3. The topological polar surface area (TPSA) is 108 Å². The van der Waals surface area contributed by atoms with Gasteiger partial charge in [0.1, 0.15) is 19.8 Å². The normalized spacial score (nSPS) is 13.9. The molecule has 1 N–H and O–H groups in total. The molecule has 0 bridgehead atoms. The van der Waals surface area contributed by atoms with Crippen molar-refractivity contribution in [3.05, 3.63) is 158 Å². The van der Waals surface area contributed by atoms with Gasteiger partial charge in [-0.3, -0.25) is 18.6 Å². The SMILES string of the molecule is CC/C=C\C/C=C\C/C=C\C/C=C\C/C=C\C/C=C\C/C=C\C/C=C\C/C=C\C/C=C\CCCCC(=O)OC(COC(=O)CCCCCCCCCCCCCCCCCCCCCCCCCC/C=C\C/C=C\C/C=C\CCCCCCC)COP(=O)(O)OCC[N+](C)(C)C. The number of hydrogen-bond acceptors (Lipinski definition) is 7. The summed E-state index contributed by atoms with van der Waals surface area (Å²) in [6.07, 6.45) is 112. The highest BCUT2D eigenvalue weighted by Gasteiger charge is 2.27. The fourth-order valence-electron chi connectivity index (χ4n) is 10.6. The molecule has 0 rings (SSSR count). The Balaban J connectivity index is 4.06. The van der Waals surface area contributed by atoms with E-state index in [9.17, 15) is 19.0 Å². The predicted octanol–water partition coefficient (Wildman–Crippen LogP) is 26.3. The monoisotopic (exact) mass is 1350 g/mol. The van der Waals surface area contributed by atoms with Crippen molar-refractivity contribution in [3.8, 4) is 0 Å². The van der Waals surface area contributed by atoms with Gasteiger partial charge in [-0.1, -0.05) is 339 Å². The first-order chi connectivity index (χ1) is 47.0. The number of hydrogen-bond donors (Lipinski definition) is 1. The molecule has 0 fully saturated rings. The van der Waals surface area contributed by atoms with Crippen molar-refractivity contribution in [2.75, 3.05) is 47.5 Å². The molecular formula is C86H147NO8P+. The lowest BCUT2D eigenvalue weighted by Crippen LogP contribution is -2.37. The Morgan fingerprint density at radius 3 is 0.906 bits per heavy atom. The molecule has 10 heteroatoms. The van der Waals surface area contributed by atoms with Crippen molar-refractivity contribution in [2.45, 2.75) is 328 Å². The largest absolute Gasteiger partial charge is 0.472 e. The van der Waals surface area contributed by atoms with Crippen LogP contribution in [0.5, 0.6) is 0 Å². The van der Waals surface area contributed by atoms with Crippen LogP contribution in [0.3, 0.4) is 0 Å². The van der Waals surface area contributed by atoms with Crippen LogP contribution in [0.1, 0.15) is 322 Å². The van der Waals surface area contributed by atoms with Crippen LogP contribution in [0, 0.1) is 0 Å². The van der Waals surface area contributed by atoms with Crippen molar-refractivity contribution in [3.63, 3.8) is 0 Å². The maximum atomic E-state index is 12.9. The maximum absolute atomic E-state index is 12.9. The molecule has 2 unspecified atom stereocenters. The number of carbonyl (C=O) groups excluding carboxylic acids is 2. The molecule has 0 amide bonds. The molecular weight excluding hydrogens is 1210 g/mol. The van der Waals surface area contributed by atoms with Crippen LogP contribution in [-0.2, 0) is 32.7 Å². The standard InChI is InChI=1S/C86H146NO8P/c1-6-8-10-12-14-16-18-20-22-24-26-28-30-32-34-36-38-40-41-42-43-44-45-47-48-50-52-54-56-58-60-62-64-66-68-70-72-74-76-78-85(88)92-82-84(83-94-96(90,91)93-81-80-87(3,4)5)95-86(89)79-77-75-73-71-69-67-65-63-61-59-57-55-53-51-49-46-39-37-35-33-31-29-27-25-23-21-19-17-15-13-11-9-7-2/h9,11,15,17-18,20-21,23-24,26-27,29-30,32-33,35,39,46,51,53,57,59,63,65,69,71,84H,6-8,10,12-14,16,19,22,25,28,31,34,36-38,40-45,47-50,52,54-56,58,60-62,64,66-68,70,72-83H2,1-5H3/p+1/b11-9-,17-15-,20-18-,23-21-,26-24-,29-27-,32-30-,35-33-,46-39-,53-51-,59-57-,65-63-,71-69-. The molecule has 0 aliphatic heterocycles. The van der Waals surface area contributed by atoms with Crippen LogP contribution in [0.2, 0.25) is 0 Å². The summed E-state index contributed by atoms with van der Waals surface area (Å²) in [7, 11) is 1.44. The van der Waals surface area contributed by atoms with E-state index < -0.39 is 26.5 Å². The third-order valence-corrected chi connectivity index (χ3v) is 17.5. The summed E-state index contributed by atoms with van der Waals surface area (Å²) in [6, 6.07) is 0. The highest BCUT2D eigenvalue weighted by Crippen LogP contribution is 2.43. The highest BCUT2D eigenvalue weighted by atomic mass is 31.2. The van der Waals surface area contributed by atoms with Gasteiger partial charge in [0.15, 0.2) is 6.10 Å². The summed E-state index contributed by atoms with van der Waals surface area (Å²) in [6.45, 7) is 4.27. The molecule has 0 aromatic rings. The zero-order chi connectivity index (χ0) is 69.7. The van der Waals surface area contributed by atoms with Crippen molar-refractivity contribution in [2.24, 2.45) is 0 Å². The summed E-state index contributed by atoms with van der Waals surface area (Å²) in [5.41, 5.74) is 0. The van der Waals surface area contributed by atoms with Crippen molar-refractivity contribution < 1.29 is 42.1 Å². The zero-order valence-electron chi connectivity index (χ0n) is 62.6. The van der Waals surface area contributed by atoms with E-state index in [0.717, 1.165) is 109 Å². The van der Waals surface area contributed by atoms with Gasteiger partial charge in [0.25, 0.3) is 0 Å². The molecule has 0 aromatic heterocycles. The second-order valence-corrected chi connectivity index (χ2v) is 28.5. The number of quaternary nitrogens is 1. The predicted molar refractivity (Wildman–Crippen MR) is 417 cm³/mol. The number of phosphoric acid groups is 1. The Hall–Kier alpha value is -4.37. The van der Waals surface area contributed by atoms with Gasteiger partial charge in [0.05, 0.1) is 27.7 Å². The first kappa shape index (κ1) is 91.6. The molecule has 96 heavy (non-hydrogen) atoms. The third-order valence-electron chi connectivity index (χ3n) is 16.5. The van der Waals surface area contributed by atoms with E-state index in [1.54, 1.807) is 0 Å². The molecule has 9 nitrogen and oxygen atoms in total. The lowest BCUT2D eigenvalue weighted by atomic mass is 10.0. The minimum absolute atomic E-state index is 0.0162. The van der Waals surface area contributed by atoms with Crippen LogP contribution < -0.4 is 0 Å². The summed E-state index contributed by atoms with van der Waals surface area (Å²) in [5.74, 6) is -0.849. The van der Waals surface area contributed by atoms with Gasteiger partial charge < -0.3 is 18.9 Å². The first-order valence-corrected chi connectivity index (χ1v) is 40.7. The Morgan fingerprint density at radius 2 is 0.594 bits per heavy atom. The van der Waals surface area contributed by atoms with Gasteiger partial charge in [-0.25, -0.2) is 4.57 Å². The van der Waals surface area contributed by atoms with Crippen molar-refractivity contribution >= 4 is 19.8 Å². The van der Waals surface area contributed by atoms with Gasteiger partial charge in [0, 0.05) is 12.8 Å². The Bertz CT molecular complexity index is 2180. The van der Waals surface area contributed by atoms with Crippen molar-refractivity contribution in [1.82, 2.24) is 0 Å². The number of allylic oxidation sites excluding steroid dienone is 26. The molecule has 0 saturated heterocycles. The molecule has 0 aliphatic carbocycles. The van der Waals surface area contributed by atoms with Gasteiger partial charge in [-0.05, 0) is 128 Å². The summed E-state index contributed by atoms with van der Waals surface area (Å²) >= 11 is 0. The molecule has 0 spiro atoms. The minimum Gasteiger partial charge on any atom is -0.462 e. The zero-order valence-corrected chi connectivity index (χ0v) is 63.5. The number of likely N-dealkylation sites (N-methyl/N-ethyl adjacent to an activating group) is 1. The second kappa shape index (κ2) is 74.8. The number of unbranched alkanes of at least 4 members (excludes halogenated alkanes) is 31. The van der Waals surface area contributed by atoms with Crippen LogP contribution in [0.4, 0.5) is 0 Å². The minimum atomic E-state index is -4.42. The van der Waals surface area contributed by atoms with Gasteiger partial charge in [-0.15, -0.1) is 0 Å². The van der Waals surface area contributed by atoms with Gasteiger partial charge in [-0.2, -0.15) is 0 Å². The molecule has 0 aliphatic rings. The van der Waals surface area contributed by atoms with E-state index in [4.69, 9.17) is 18.5 Å². The van der Waals surface area contributed by atoms with Gasteiger partial charge >= 0.3 is 19.8 Å². The summed E-state index contributed by atoms with van der Waals surface area (Å²) in [5, 5.41) is 0. The van der Waals surface area contributed by atoms with E-state index in [0.29, 0.717) is 17.4 Å². The van der Waals surface area contributed by atoms with E-state index >= 15 is 0 Å². The third kappa shape index (κ3) is 78.6. The number of esters is 2. The molecule has 0 heterocycles. The van der Waals surface area contributed by atoms with Crippen LogP contribution in [0.25, 0.3) is 0 Å². The molecule has 0 aromatic carbocycles. The van der Waals surface area contributed by atoms with E-state index in [1.807, 2.05) is 21.1 Å². The molecule has 0 saturated carbocycles.